The third kappa shape index (κ3) is 5.08. The Hall–Kier alpha value is -1.15. The molecule has 7 nitrogen and oxygen atoms in total. The van der Waals surface area contributed by atoms with E-state index in [2.05, 4.69) is 10.1 Å². The number of carboxylic acids is 1. The van der Waals surface area contributed by atoms with Gasteiger partial charge in [-0.25, -0.2) is 8.42 Å². The topological polar surface area (TPSA) is 110 Å². The van der Waals surface area contributed by atoms with Gasteiger partial charge in [-0.15, -0.1) is 0 Å². The van der Waals surface area contributed by atoms with Gasteiger partial charge in [0.05, 0.1) is 6.61 Å². The molecule has 1 unspecified atom stereocenters. The first-order chi connectivity index (χ1) is 7.31. The number of hydrogen-bond donors (Lipinski definition) is 2. The molecule has 8 heteroatoms. The monoisotopic (exact) mass is 253 g/mol. The highest BCUT2D eigenvalue weighted by Crippen LogP contribution is 2.02. The zero-order chi connectivity index (χ0) is 12.8. The van der Waals surface area contributed by atoms with Crippen LogP contribution in [0.2, 0.25) is 0 Å². The van der Waals surface area contributed by atoms with Crippen LogP contribution < -0.4 is 5.32 Å². The molecular weight excluding hydrogens is 238 g/mol. The van der Waals surface area contributed by atoms with Crippen LogP contribution in [0.1, 0.15) is 6.92 Å². The Bertz CT molecular complexity index is 350. The first-order valence-electron chi connectivity index (χ1n) is 4.51. The molecule has 0 aromatic heterocycles. The van der Waals surface area contributed by atoms with Gasteiger partial charge in [0.15, 0.2) is 9.84 Å². The molecule has 0 aliphatic heterocycles. The summed E-state index contributed by atoms with van der Waals surface area (Å²) in [6, 6.07) is 0. The average molecular weight is 253 g/mol. The van der Waals surface area contributed by atoms with Crippen LogP contribution in [0.5, 0.6) is 0 Å². The Morgan fingerprint density at radius 2 is 2.00 bits per heavy atom. The van der Waals surface area contributed by atoms with Crippen molar-refractivity contribution in [2.75, 3.05) is 26.0 Å². The van der Waals surface area contributed by atoms with Crippen LogP contribution in [0.15, 0.2) is 0 Å². The number of aliphatic carboxylic acids is 1. The van der Waals surface area contributed by atoms with Crippen LogP contribution in [0, 0.1) is 0 Å². The van der Waals surface area contributed by atoms with Crippen molar-refractivity contribution in [3.63, 3.8) is 0 Å². The average Bonchev–Trinajstić information content (AvgIpc) is 2.14. The fourth-order valence-corrected chi connectivity index (χ4v) is 1.88. The summed E-state index contributed by atoms with van der Waals surface area (Å²) in [5, 5.41) is 9.32. The lowest BCUT2D eigenvalue weighted by Crippen LogP contribution is -2.41. The number of nitrogens with one attached hydrogen (secondary N) is 1. The van der Waals surface area contributed by atoms with Crippen molar-refractivity contribution in [2.24, 2.45) is 0 Å². The van der Waals surface area contributed by atoms with E-state index in [1.165, 1.54) is 7.11 Å². The molecular formula is C8H15NO6S. The van der Waals surface area contributed by atoms with Crippen molar-refractivity contribution >= 4 is 21.7 Å². The third-order valence-corrected chi connectivity index (χ3v) is 3.78. The summed E-state index contributed by atoms with van der Waals surface area (Å²) in [7, 11) is -2.51. The van der Waals surface area contributed by atoms with Crippen molar-refractivity contribution in [2.45, 2.75) is 12.2 Å². The van der Waals surface area contributed by atoms with Gasteiger partial charge in [-0.2, -0.15) is 0 Å². The highest BCUT2D eigenvalue weighted by Gasteiger charge is 2.29. The summed E-state index contributed by atoms with van der Waals surface area (Å²) in [6.45, 7) is 1.60. The summed E-state index contributed by atoms with van der Waals surface area (Å²) < 4.78 is 27.3. The van der Waals surface area contributed by atoms with Gasteiger partial charge in [0.1, 0.15) is 11.0 Å². The fourth-order valence-electron chi connectivity index (χ4n) is 0.880. The molecule has 1 amide bonds. The van der Waals surface area contributed by atoms with E-state index in [4.69, 9.17) is 5.11 Å². The molecule has 0 radical (unpaired) electrons. The van der Waals surface area contributed by atoms with E-state index < -0.39 is 32.7 Å². The molecule has 0 spiro atoms. The summed E-state index contributed by atoms with van der Waals surface area (Å²) in [5.74, 6) is -3.25. The highest BCUT2D eigenvalue weighted by atomic mass is 32.2. The van der Waals surface area contributed by atoms with Gasteiger partial charge >= 0.3 is 5.97 Å². The van der Waals surface area contributed by atoms with Crippen LogP contribution in [-0.2, 0) is 24.2 Å². The minimum atomic E-state index is -3.95. The SMILES string of the molecule is COCCNC(=O)C(C)S(=O)(=O)CC(=O)O. The van der Waals surface area contributed by atoms with E-state index in [9.17, 15) is 18.0 Å². The molecule has 1 atom stereocenters. The molecule has 0 bridgehead atoms. The number of hydrogen-bond acceptors (Lipinski definition) is 5. The molecule has 0 saturated carbocycles. The predicted octanol–water partition coefficient (Wildman–Crippen LogP) is -1.36. The lowest BCUT2D eigenvalue weighted by atomic mass is 10.4. The molecule has 94 valence electrons. The summed E-state index contributed by atoms with van der Waals surface area (Å²) in [4.78, 5) is 21.6. The Morgan fingerprint density at radius 3 is 2.44 bits per heavy atom. The Labute approximate surface area is 93.7 Å². The van der Waals surface area contributed by atoms with Crippen LogP contribution in [0.3, 0.4) is 0 Å². The Balaban J connectivity index is 4.37. The summed E-state index contributed by atoms with van der Waals surface area (Å²) in [5.41, 5.74) is 0. The first-order valence-corrected chi connectivity index (χ1v) is 6.23. The smallest absolute Gasteiger partial charge is 0.318 e. The zero-order valence-electron chi connectivity index (χ0n) is 9.10. The van der Waals surface area contributed by atoms with E-state index in [0.29, 0.717) is 0 Å². The van der Waals surface area contributed by atoms with Crippen molar-refractivity contribution in [3.8, 4) is 0 Å². The normalized spacial score (nSPS) is 13.1. The molecule has 0 aromatic carbocycles. The second-order valence-electron chi connectivity index (χ2n) is 3.13. The highest BCUT2D eigenvalue weighted by molar-refractivity contribution is 7.93. The molecule has 0 aliphatic rings. The van der Waals surface area contributed by atoms with Crippen molar-refractivity contribution in [1.82, 2.24) is 5.32 Å². The number of ether oxygens (including phenoxy) is 1. The Morgan fingerprint density at radius 1 is 1.44 bits per heavy atom. The van der Waals surface area contributed by atoms with Crippen LogP contribution in [0.25, 0.3) is 0 Å². The molecule has 0 fully saturated rings. The van der Waals surface area contributed by atoms with Gasteiger partial charge in [-0.3, -0.25) is 9.59 Å². The number of carboxylic acid groups (broad SMARTS) is 1. The molecule has 0 aliphatic carbocycles. The van der Waals surface area contributed by atoms with Gasteiger partial charge in [0, 0.05) is 13.7 Å². The van der Waals surface area contributed by atoms with E-state index in [-0.39, 0.29) is 13.2 Å². The number of methoxy groups -OCH3 is 1. The van der Waals surface area contributed by atoms with Crippen LogP contribution >= 0.6 is 0 Å². The maximum atomic E-state index is 11.3. The second kappa shape index (κ2) is 6.44. The quantitative estimate of drug-likeness (QED) is 0.542. The van der Waals surface area contributed by atoms with Gasteiger partial charge in [-0.05, 0) is 6.92 Å². The zero-order valence-corrected chi connectivity index (χ0v) is 9.91. The number of carbonyl (C=O) groups is 2. The maximum Gasteiger partial charge on any atom is 0.318 e. The minimum absolute atomic E-state index is 0.183. The van der Waals surface area contributed by atoms with Gasteiger partial charge in [-0.1, -0.05) is 0 Å². The number of sulfone groups is 1. The maximum absolute atomic E-state index is 11.3. The number of amides is 1. The van der Waals surface area contributed by atoms with Crippen LogP contribution in [-0.4, -0.2) is 56.7 Å². The van der Waals surface area contributed by atoms with Gasteiger partial charge < -0.3 is 15.2 Å². The van der Waals surface area contributed by atoms with Gasteiger partial charge in [0.2, 0.25) is 5.91 Å². The third-order valence-electron chi connectivity index (χ3n) is 1.84. The predicted molar refractivity (Wildman–Crippen MR) is 55.8 cm³/mol. The Kier molecular flexibility index (Phi) is 5.97. The van der Waals surface area contributed by atoms with Gasteiger partial charge in [0.25, 0.3) is 0 Å². The van der Waals surface area contributed by atoms with Crippen molar-refractivity contribution in [3.05, 3.63) is 0 Å². The first kappa shape index (κ1) is 14.8. The summed E-state index contributed by atoms with van der Waals surface area (Å²) in [6.07, 6.45) is 0. The second-order valence-corrected chi connectivity index (χ2v) is 5.45. The van der Waals surface area contributed by atoms with E-state index >= 15 is 0 Å². The number of rotatable bonds is 7. The van der Waals surface area contributed by atoms with Crippen LogP contribution in [0.4, 0.5) is 0 Å². The largest absolute Gasteiger partial charge is 0.480 e. The molecule has 0 rings (SSSR count). The lowest BCUT2D eigenvalue weighted by molar-refractivity contribution is -0.134. The minimum Gasteiger partial charge on any atom is -0.480 e. The van der Waals surface area contributed by atoms with E-state index in [1.807, 2.05) is 0 Å². The molecule has 0 aromatic rings. The molecule has 0 heterocycles. The fraction of sp³-hybridized carbons (Fsp3) is 0.750. The number of carbonyl (C=O) groups excluding carboxylic acids is 1. The van der Waals surface area contributed by atoms with Crippen molar-refractivity contribution in [1.29, 1.82) is 0 Å². The standard InChI is InChI=1S/C8H15NO6S/c1-6(8(12)9-3-4-15-2)16(13,14)5-7(10)11/h6H,3-5H2,1-2H3,(H,9,12)(H,10,11). The summed E-state index contributed by atoms with van der Waals surface area (Å²) >= 11 is 0. The van der Waals surface area contributed by atoms with Crippen molar-refractivity contribution < 1.29 is 27.9 Å². The molecule has 2 N–H and O–H groups in total. The van der Waals surface area contributed by atoms with E-state index in [0.717, 1.165) is 6.92 Å². The molecule has 16 heavy (non-hydrogen) atoms. The molecule has 0 saturated heterocycles. The lowest BCUT2D eigenvalue weighted by Gasteiger charge is -2.11. The van der Waals surface area contributed by atoms with E-state index in [1.54, 1.807) is 0 Å².